The summed E-state index contributed by atoms with van der Waals surface area (Å²) in [5, 5.41) is 44.3. The number of carboxylic acid groups (broad SMARTS) is 1. The number of phosphoric ester groups is 1. The van der Waals surface area contributed by atoms with Gasteiger partial charge in [-0.3, -0.25) is 4.57 Å². The van der Waals surface area contributed by atoms with Crippen LogP contribution < -0.4 is 4.89 Å². The van der Waals surface area contributed by atoms with Crippen LogP contribution in [0.3, 0.4) is 0 Å². The molecule has 0 heterocycles. The minimum absolute atomic E-state index is 1.11. The zero-order valence-corrected chi connectivity index (χ0v) is 9.17. The maximum Gasteiger partial charge on any atom is 0.335 e. The second-order valence-electron chi connectivity index (χ2n) is 3.10. The van der Waals surface area contributed by atoms with E-state index in [1.807, 2.05) is 0 Å². The van der Waals surface area contributed by atoms with Crippen molar-refractivity contribution in [1.29, 1.82) is 0 Å². The monoisotopic (exact) mass is 275 g/mol. The zero-order valence-electron chi connectivity index (χ0n) is 8.28. The lowest BCUT2D eigenvalue weighted by molar-refractivity contribution is -0.223. The molecule has 0 saturated heterocycles. The van der Waals surface area contributed by atoms with E-state index in [9.17, 15) is 14.3 Å². The van der Waals surface area contributed by atoms with Crippen molar-refractivity contribution in [2.24, 2.45) is 0 Å². The molecule has 0 bridgehead atoms. The highest BCUT2D eigenvalue weighted by Crippen LogP contribution is 2.30. The van der Waals surface area contributed by atoms with Crippen LogP contribution >= 0.6 is 7.82 Å². The van der Waals surface area contributed by atoms with Crippen molar-refractivity contribution in [2.45, 2.75) is 24.4 Å². The smallest absolute Gasteiger partial charge is 0.335 e. The lowest BCUT2D eigenvalue weighted by Gasteiger charge is -2.25. The first-order valence-electron chi connectivity index (χ1n) is 4.19. The van der Waals surface area contributed by atoms with Crippen LogP contribution in [0.1, 0.15) is 0 Å². The number of hydrogen-bond acceptors (Lipinski definition) is 8. The van der Waals surface area contributed by atoms with Crippen molar-refractivity contribution in [3.05, 3.63) is 0 Å². The van der Waals surface area contributed by atoms with Gasteiger partial charge in [0.2, 0.25) is 0 Å². The molecule has 5 atom stereocenters. The third-order valence-electron chi connectivity index (χ3n) is 1.73. The molecule has 5 unspecified atom stereocenters. The van der Waals surface area contributed by atoms with E-state index in [1.54, 1.807) is 0 Å². The van der Waals surface area contributed by atoms with Gasteiger partial charge < -0.3 is 39.8 Å². The Bertz CT molecular complexity index is 299. The number of aliphatic hydroxyl groups is 4. The van der Waals surface area contributed by atoms with Crippen molar-refractivity contribution in [3.8, 4) is 0 Å². The molecule has 17 heavy (non-hydrogen) atoms. The Morgan fingerprint density at radius 1 is 1.24 bits per heavy atom. The zero-order chi connectivity index (χ0) is 13.8. The standard InChI is InChI=1S/C6H13O10P/c7-2(1-16-17(13,14)15)3(8)4(9)5(10)6(11)12/h2-5,7-10H,1H2,(H,11,12)(H2,13,14,15)/p-1. The summed E-state index contributed by atoms with van der Waals surface area (Å²) in [6, 6.07) is 0. The highest BCUT2D eigenvalue weighted by molar-refractivity contribution is 7.44. The summed E-state index contributed by atoms with van der Waals surface area (Å²) in [4.78, 5) is 28.5. The van der Waals surface area contributed by atoms with E-state index in [1.165, 1.54) is 0 Å². The van der Waals surface area contributed by atoms with Gasteiger partial charge in [-0.15, -0.1) is 0 Å². The minimum atomic E-state index is -5.11. The van der Waals surface area contributed by atoms with Gasteiger partial charge in [-0.2, -0.15) is 0 Å². The van der Waals surface area contributed by atoms with E-state index < -0.39 is 44.8 Å². The average Bonchev–Trinajstić information content (AvgIpc) is 2.21. The Labute approximate surface area is 94.9 Å². The van der Waals surface area contributed by atoms with Crippen LogP contribution in [0.15, 0.2) is 0 Å². The fourth-order valence-electron chi connectivity index (χ4n) is 0.830. The van der Waals surface area contributed by atoms with Gasteiger partial charge in [0.15, 0.2) is 6.10 Å². The molecule has 0 amide bonds. The number of aliphatic carboxylic acids is 1. The third kappa shape index (κ3) is 6.05. The summed E-state index contributed by atoms with van der Waals surface area (Å²) in [7, 11) is -5.11. The number of aliphatic hydroxyl groups excluding tert-OH is 4. The summed E-state index contributed by atoms with van der Waals surface area (Å²) in [6.07, 6.45) is -8.82. The van der Waals surface area contributed by atoms with Crippen LogP contribution in [0.4, 0.5) is 0 Å². The average molecular weight is 275 g/mol. The fraction of sp³-hybridized carbons (Fsp3) is 0.833. The van der Waals surface area contributed by atoms with Crippen molar-refractivity contribution >= 4 is 13.8 Å². The molecular formula is C6H12O10P-. The van der Waals surface area contributed by atoms with Gasteiger partial charge in [-0.1, -0.05) is 0 Å². The fourth-order valence-corrected chi connectivity index (χ4v) is 1.17. The summed E-state index contributed by atoms with van der Waals surface area (Å²) >= 11 is 0. The van der Waals surface area contributed by atoms with Gasteiger partial charge in [0.05, 0.1) is 6.61 Å². The number of hydrogen-bond donors (Lipinski definition) is 6. The third-order valence-corrected chi connectivity index (χ3v) is 2.20. The molecular weight excluding hydrogens is 263 g/mol. The van der Waals surface area contributed by atoms with Crippen molar-refractivity contribution in [3.63, 3.8) is 0 Å². The van der Waals surface area contributed by atoms with Crippen LogP contribution in [-0.4, -0.2) is 67.4 Å². The Morgan fingerprint density at radius 3 is 2.06 bits per heavy atom. The first-order chi connectivity index (χ1) is 7.56. The second-order valence-corrected chi connectivity index (χ2v) is 4.29. The summed E-state index contributed by atoms with van der Waals surface area (Å²) in [5.74, 6) is -1.85. The van der Waals surface area contributed by atoms with E-state index in [0.717, 1.165) is 0 Å². The lowest BCUT2D eigenvalue weighted by atomic mass is 10.0. The predicted molar refractivity (Wildman–Crippen MR) is 47.4 cm³/mol. The number of carboxylic acids is 1. The minimum Gasteiger partial charge on any atom is -0.756 e. The molecule has 0 saturated carbocycles. The van der Waals surface area contributed by atoms with Crippen molar-refractivity contribution in [2.75, 3.05) is 6.61 Å². The van der Waals surface area contributed by atoms with Crippen LogP contribution in [0.25, 0.3) is 0 Å². The first-order valence-corrected chi connectivity index (χ1v) is 5.69. The van der Waals surface area contributed by atoms with Crippen molar-refractivity contribution in [1.82, 2.24) is 0 Å². The molecule has 0 aliphatic rings. The summed E-state index contributed by atoms with van der Waals surface area (Å²) < 4.78 is 13.8. The van der Waals surface area contributed by atoms with Gasteiger partial charge in [0.25, 0.3) is 7.82 Å². The second kappa shape index (κ2) is 6.38. The van der Waals surface area contributed by atoms with E-state index in [-0.39, 0.29) is 0 Å². The molecule has 11 heteroatoms. The molecule has 0 aromatic rings. The normalized spacial score (nSPS) is 22.2. The first kappa shape index (κ1) is 16.4. The van der Waals surface area contributed by atoms with E-state index in [0.29, 0.717) is 0 Å². The van der Waals surface area contributed by atoms with Crippen LogP contribution in [-0.2, 0) is 13.9 Å². The Balaban J connectivity index is 4.34. The summed E-state index contributed by atoms with van der Waals surface area (Å²) in [6.45, 7) is -1.11. The van der Waals surface area contributed by atoms with Crippen molar-refractivity contribution < 1.29 is 49.2 Å². The SMILES string of the molecule is O=C(O)C(O)C(O)C(O)C(O)COP(=O)([O-])O. The molecule has 0 aromatic carbocycles. The maximum absolute atomic E-state index is 10.2. The van der Waals surface area contributed by atoms with Crippen LogP contribution in [0.2, 0.25) is 0 Å². The molecule has 0 aromatic heterocycles. The van der Waals surface area contributed by atoms with Gasteiger partial charge in [-0.05, 0) is 0 Å². The number of carbonyl (C=O) groups is 1. The molecule has 0 aliphatic heterocycles. The van der Waals surface area contributed by atoms with Crippen LogP contribution in [0.5, 0.6) is 0 Å². The molecule has 0 rings (SSSR count). The molecule has 102 valence electrons. The van der Waals surface area contributed by atoms with Gasteiger partial charge in [-0.25, -0.2) is 4.79 Å². The Hall–Kier alpha value is -0.580. The lowest BCUT2D eigenvalue weighted by Crippen LogP contribution is -2.48. The predicted octanol–water partition coefficient (Wildman–Crippen LogP) is -4.01. The summed E-state index contributed by atoms with van der Waals surface area (Å²) in [5.41, 5.74) is 0. The molecule has 0 fully saturated rings. The van der Waals surface area contributed by atoms with Gasteiger partial charge >= 0.3 is 5.97 Å². The van der Waals surface area contributed by atoms with E-state index >= 15 is 0 Å². The molecule has 10 nitrogen and oxygen atoms in total. The molecule has 0 spiro atoms. The van der Waals surface area contributed by atoms with E-state index in [4.69, 9.17) is 30.4 Å². The topological polar surface area (TPSA) is 188 Å². The number of phosphoric acid groups is 1. The molecule has 0 radical (unpaired) electrons. The maximum atomic E-state index is 10.2. The molecule has 0 aliphatic carbocycles. The Kier molecular flexibility index (Phi) is 6.16. The van der Waals surface area contributed by atoms with Gasteiger partial charge in [0.1, 0.15) is 18.3 Å². The largest absolute Gasteiger partial charge is 0.756 e. The van der Waals surface area contributed by atoms with Gasteiger partial charge in [0, 0.05) is 0 Å². The van der Waals surface area contributed by atoms with Crippen LogP contribution in [0, 0.1) is 0 Å². The molecule has 6 N–H and O–H groups in total. The van der Waals surface area contributed by atoms with E-state index in [2.05, 4.69) is 4.52 Å². The quantitative estimate of drug-likeness (QED) is 0.250. The number of rotatable bonds is 7. The highest BCUT2D eigenvalue weighted by atomic mass is 31.2. The highest BCUT2D eigenvalue weighted by Gasteiger charge is 2.34. The Morgan fingerprint density at radius 2 is 1.71 bits per heavy atom.